The Balaban J connectivity index is 1.73. The summed E-state index contributed by atoms with van der Waals surface area (Å²) in [6.45, 7) is 2.85. The van der Waals surface area contributed by atoms with E-state index in [2.05, 4.69) is 24.4 Å². The minimum absolute atomic E-state index is 0.0828. The summed E-state index contributed by atoms with van der Waals surface area (Å²) in [6.07, 6.45) is 1.24. The maximum absolute atomic E-state index is 11.8. The number of nitrogens with two attached hydrogens (primary N) is 1. The van der Waals surface area contributed by atoms with E-state index in [1.807, 2.05) is 12.1 Å². The number of hydrogen-bond acceptors (Lipinski definition) is 3. The fourth-order valence-electron chi connectivity index (χ4n) is 2.18. The van der Waals surface area contributed by atoms with Crippen LogP contribution in [0.2, 0.25) is 0 Å². The van der Waals surface area contributed by atoms with Crippen molar-refractivity contribution in [2.75, 3.05) is 6.61 Å². The number of rotatable bonds is 8. The van der Waals surface area contributed by atoms with E-state index >= 15 is 0 Å². The van der Waals surface area contributed by atoms with Crippen molar-refractivity contribution in [1.29, 1.82) is 0 Å². The summed E-state index contributed by atoms with van der Waals surface area (Å²) in [4.78, 5) is 22.9. The van der Waals surface area contributed by atoms with Gasteiger partial charge in [-0.2, -0.15) is 0 Å². The van der Waals surface area contributed by atoms with Gasteiger partial charge in [0.15, 0.2) is 0 Å². The smallest absolute Gasteiger partial charge is 0.248 e. The molecule has 2 amide bonds. The number of primary amides is 1. The maximum atomic E-state index is 11.8. The molecule has 0 unspecified atom stereocenters. The van der Waals surface area contributed by atoms with Crippen LogP contribution in [0.4, 0.5) is 0 Å². The van der Waals surface area contributed by atoms with Gasteiger partial charge in [0.1, 0.15) is 5.75 Å². The SMILES string of the molecule is CCc1ccc(CNC(=O)CCOc2cccc(C(N)=O)c2)cc1. The molecule has 2 aromatic rings. The summed E-state index contributed by atoms with van der Waals surface area (Å²) < 4.78 is 5.48. The molecule has 0 aliphatic heterocycles. The van der Waals surface area contributed by atoms with Gasteiger partial charge in [0.2, 0.25) is 11.8 Å². The van der Waals surface area contributed by atoms with Gasteiger partial charge in [0.25, 0.3) is 0 Å². The Morgan fingerprint density at radius 2 is 1.79 bits per heavy atom. The van der Waals surface area contributed by atoms with Crippen LogP contribution in [0, 0.1) is 0 Å². The number of aryl methyl sites for hydroxylation is 1. The predicted octanol–water partition coefficient (Wildman–Crippen LogP) is 2.43. The first-order valence-corrected chi connectivity index (χ1v) is 7.95. The van der Waals surface area contributed by atoms with Gasteiger partial charge < -0.3 is 15.8 Å². The standard InChI is InChI=1S/C19H22N2O3/c1-2-14-6-8-15(9-7-14)13-21-18(22)10-11-24-17-5-3-4-16(12-17)19(20)23/h3-9,12H,2,10-11,13H2,1H3,(H2,20,23)(H,21,22). The topological polar surface area (TPSA) is 81.4 Å². The van der Waals surface area contributed by atoms with E-state index < -0.39 is 5.91 Å². The van der Waals surface area contributed by atoms with Crippen molar-refractivity contribution in [2.24, 2.45) is 5.73 Å². The van der Waals surface area contributed by atoms with Crippen LogP contribution in [-0.4, -0.2) is 18.4 Å². The Hall–Kier alpha value is -2.82. The maximum Gasteiger partial charge on any atom is 0.248 e. The molecule has 0 aliphatic carbocycles. The quantitative estimate of drug-likeness (QED) is 0.782. The fourth-order valence-corrected chi connectivity index (χ4v) is 2.18. The predicted molar refractivity (Wildman–Crippen MR) is 92.7 cm³/mol. The summed E-state index contributed by atoms with van der Waals surface area (Å²) >= 11 is 0. The first-order chi connectivity index (χ1) is 11.6. The Kier molecular flexibility index (Phi) is 6.37. The zero-order chi connectivity index (χ0) is 17.4. The second-order valence-corrected chi connectivity index (χ2v) is 5.44. The highest BCUT2D eigenvalue weighted by atomic mass is 16.5. The lowest BCUT2D eigenvalue weighted by Gasteiger charge is -2.08. The van der Waals surface area contributed by atoms with Crippen LogP contribution in [0.15, 0.2) is 48.5 Å². The largest absolute Gasteiger partial charge is 0.493 e. The highest BCUT2D eigenvalue weighted by molar-refractivity contribution is 5.93. The van der Waals surface area contributed by atoms with Crippen LogP contribution < -0.4 is 15.8 Å². The average molecular weight is 326 g/mol. The molecule has 3 N–H and O–H groups in total. The van der Waals surface area contributed by atoms with Crippen LogP contribution in [0.5, 0.6) is 5.75 Å². The minimum Gasteiger partial charge on any atom is -0.493 e. The Bertz CT molecular complexity index is 696. The highest BCUT2D eigenvalue weighted by Gasteiger charge is 2.05. The van der Waals surface area contributed by atoms with Gasteiger partial charge in [-0.3, -0.25) is 9.59 Å². The summed E-state index contributed by atoms with van der Waals surface area (Å²) in [5, 5.41) is 2.86. The monoisotopic (exact) mass is 326 g/mol. The Morgan fingerprint density at radius 3 is 2.46 bits per heavy atom. The molecule has 0 aliphatic rings. The molecule has 0 spiro atoms. The van der Waals surface area contributed by atoms with E-state index in [0.29, 0.717) is 17.9 Å². The van der Waals surface area contributed by atoms with Crippen molar-refractivity contribution in [3.05, 3.63) is 65.2 Å². The second kappa shape index (κ2) is 8.72. The Labute approximate surface area is 141 Å². The Morgan fingerprint density at radius 1 is 1.08 bits per heavy atom. The molecule has 0 bridgehead atoms. The van der Waals surface area contributed by atoms with Gasteiger partial charge >= 0.3 is 0 Å². The van der Waals surface area contributed by atoms with Gasteiger partial charge in [-0.05, 0) is 35.7 Å². The van der Waals surface area contributed by atoms with Crippen molar-refractivity contribution in [3.63, 3.8) is 0 Å². The van der Waals surface area contributed by atoms with Crippen LogP contribution in [0.25, 0.3) is 0 Å². The van der Waals surface area contributed by atoms with Crippen molar-refractivity contribution in [2.45, 2.75) is 26.3 Å². The van der Waals surface area contributed by atoms with E-state index in [1.54, 1.807) is 24.3 Å². The van der Waals surface area contributed by atoms with E-state index in [-0.39, 0.29) is 18.9 Å². The zero-order valence-electron chi connectivity index (χ0n) is 13.7. The number of amides is 2. The van der Waals surface area contributed by atoms with Crippen LogP contribution >= 0.6 is 0 Å². The molecule has 0 radical (unpaired) electrons. The zero-order valence-corrected chi connectivity index (χ0v) is 13.7. The molecule has 126 valence electrons. The lowest BCUT2D eigenvalue weighted by molar-refractivity contribution is -0.121. The number of benzene rings is 2. The van der Waals surface area contributed by atoms with Crippen molar-refractivity contribution in [1.82, 2.24) is 5.32 Å². The van der Waals surface area contributed by atoms with Crippen LogP contribution in [0.3, 0.4) is 0 Å². The molecular formula is C19H22N2O3. The summed E-state index contributed by atoms with van der Waals surface area (Å²) in [5.41, 5.74) is 7.94. The molecule has 0 atom stereocenters. The molecule has 0 heterocycles. The van der Waals surface area contributed by atoms with E-state index in [0.717, 1.165) is 12.0 Å². The highest BCUT2D eigenvalue weighted by Crippen LogP contribution is 2.13. The average Bonchev–Trinajstić information content (AvgIpc) is 2.60. The van der Waals surface area contributed by atoms with E-state index in [1.165, 1.54) is 5.56 Å². The lowest BCUT2D eigenvalue weighted by Crippen LogP contribution is -2.24. The molecule has 0 fully saturated rings. The third kappa shape index (κ3) is 5.43. The molecule has 0 aromatic heterocycles. The van der Waals surface area contributed by atoms with Gasteiger partial charge in [-0.1, -0.05) is 37.3 Å². The minimum atomic E-state index is -0.507. The number of hydrogen-bond donors (Lipinski definition) is 2. The lowest BCUT2D eigenvalue weighted by atomic mass is 10.1. The number of carbonyl (C=O) groups is 2. The summed E-state index contributed by atoms with van der Waals surface area (Å²) in [7, 11) is 0. The molecule has 0 saturated heterocycles. The molecule has 0 saturated carbocycles. The molecule has 5 heteroatoms. The molecule has 5 nitrogen and oxygen atoms in total. The second-order valence-electron chi connectivity index (χ2n) is 5.44. The van der Waals surface area contributed by atoms with Crippen LogP contribution in [-0.2, 0) is 17.8 Å². The summed E-state index contributed by atoms with van der Waals surface area (Å²) in [5.74, 6) is -0.0674. The number of nitrogens with one attached hydrogen (secondary N) is 1. The fraction of sp³-hybridized carbons (Fsp3) is 0.263. The first-order valence-electron chi connectivity index (χ1n) is 7.95. The van der Waals surface area contributed by atoms with Gasteiger partial charge in [0.05, 0.1) is 13.0 Å². The molecule has 2 rings (SSSR count). The number of ether oxygens (including phenoxy) is 1. The van der Waals surface area contributed by atoms with Gasteiger partial charge in [-0.15, -0.1) is 0 Å². The van der Waals surface area contributed by atoms with Crippen LogP contribution in [0.1, 0.15) is 34.8 Å². The van der Waals surface area contributed by atoms with Crippen molar-refractivity contribution >= 4 is 11.8 Å². The molecular weight excluding hydrogens is 304 g/mol. The first kappa shape index (κ1) is 17.5. The van der Waals surface area contributed by atoms with E-state index in [9.17, 15) is 9.59 Å². The van der Waals surface area contributed by atoms with Gasteiger partial charge in [-0.25, -0.2) is 0 Å². The van der Waals surface area contributed by atoms with E-state index in [4.69, 9.17) is 10.5 Å². The molecule has 24 heavy (non-hydrogen) atoms. The van der Waals surface area contributed by atoms with Crippen molar-refractivity contribution < 1.29 is 14.3 Å². The third-order valence-electron chi connectivity index (χ3n) is 3.64. The normalized spacial score (nSPS) is 10.2. The summed E-state index contributed by atoms with van der Waals surface area (Å²) in [6, 6.07) is 14.8. The van der Waals surface area contributed by atoms with Gasteiger partial charge in [0, 0.05) is 12.1 Å². The molecule has 2 aromatic carbocycles. The number of carbonyl (C=O) groups excluding carboxylic acids is 2. The van der Waals surface area contributed by atoms with Crippen molar-refractivity contribution in [3.8, 4) is 5.75 Å². The third-order valence-corrected chi connectivity index (χ3v) is 3.64.